The molecule has 0 aliphatic carbocycles. The Labute approximate surface area is 123 Å². The van der Waals surface area contributed by atoms with Gasteiger partial charge in [0.1, 0.15) is 0 Å². The second-order valence-electron chi connectivity index (χ2n) is 5.04. The van der Waals surface area contributed by atoms with Crippen LogP contribution in [0.15, 0.2) is 24.4 Å². The van der Waals surface area contributed by atoms with Crippen LogP contribution in [0.1, 0.15) is 29.3 Å². The number of methoxy groups -OCH3 is 2. The molecule has 1 N–H and O–H groups in total. The van der Waals surface area contributed by atoms with Gasteiger partial charge in [0.15, 0.2) is 11.5 Å². The average Bonchev–Trinajstić information content (AvgIpc) is 2.87. The van der Waals surface area contributed by atoms with Gasteiger partial charge in [0.05, 0.1) is 29.7 Å². The first-order valence-electron chi connectivity index (χ1n) is 6.32. The minimum Gasteiger partial charge on any atom is -0.493 e. The molecule has 2 rings (SSSR count). The summed E-state index contributed by atoms with van der Waals surface area (Å²) in [6, 6.07) is 5.83. The zero-order chi connectivity index (χ0) is 14.8. The molecule has 0 aliphatic rings. The van der Waals surface area contributed by atoms with Crippen LogP contribution in [0.3, 0.4) is 0 Å². The first-order valence-corrected chi connectivity index (χ1v) is 7.14. The molecule has 2 aromatic rings. The second-order valence-corrected chi connectivity index (χ2v) is 6.16. The fourth-order valence-corrected chi connectivity index (χ4v) is 2.79. The standard InChI is InChI=1S/C15H19NO3S/c1-15(2,17)13-9-16-14(20-13)8-10-5-6-11(18-3)12(7-10)19-4/h5-7,9,17H,8H2,1-4H3. The van der Waals surface area contributed by atoms with Gasteiger partial charge < -0.3 is 14.6 Å². The fraction of sp³-hybridized carbons (Fsp3) is 0.400. The van der Waals surface area contributed by atoms with Gasteiger partial charge in [-0.15, -0.1) is 11.3 Å². The first-order chi connectivity index (χ1) is 9.44. The topological polar surface area (TPSA) is 51.6 Å². The summed E-state index contributed by atoms with van der Waals surface area (Å²) >= 11 is 1.52. The largest absolute Gasteiger partial charge is 0.493 e. The minimum atomic E-state index is -0.840. The quantitative estimate of drug-likeness (QED) is 0.921. The summed E-state index contributed by atoms with van der Waals surface area (Å²) in [5.74, 6) is 1.43. The van der Waals surface area contributed by atoms with Crippen molar-refractivity contribution in [3.8, 4) is 11.5 Å². The molecule has 0 bridgehead atoms. The number of hydrogen-bond donors (Lipinski definition) is 1. The van der Waals surface area contributed by atoms with E-state index in [1.165, 1.54) is 11.3 Å². The van der Waals surface area contributed by atoms with E-state index < -0.39 is 5.60 Å². The molecule has 1 aromatic heterocycles. The van der Waals surface area contributed by atoms with Crippen LogP contribution in [-0.2, 0) is 12.0 Å². The Bertz CT molecular complexity index is 587. The summed E-state index contributed by atoms with van der Waals surface area (Å²) in [5.41, 5.74) is 0.257. The summed E-state index contributed by atoms with van der Waals surface area (Å²) in [4.78, 5) is 5.23. The third-order valence-corrected chi connectivity index (χ3v) is 4.27. The molecule has 1 aromatic carbocycles. The predicted molar refractivity (Wildman–Crippen MR) is 79.7 cm³/mol. The molecule has 0 amide bonds. The van der Waals surface area contributed by atoms with E-state index in [1.807, 2.05) is 18.2 Å². The molecule has 0 aliphatic heterocycles. The van der Waals surface area contributed by atoms with Crippen LogP contribution in [0.25, 0.3) is 0 Å². The van der Waals surface area contributed by atoms with Crippen molar-refractivity contribution in [3.05, 3.63) is 39.8 Å². The summed E-state index contributed by atoms with van der Waals surface area (Å²) in [7, 11) is 3.24. The molecule has 5 heteroatoms. The van der Waals surface area contributed by atoms with Gasteiger partial charge in [-0.2, -0.15) is 0 Å². The molecule has 1 heterocycles. The van der Waals surface area contributed by atoms with E-state index in [0.29, 0.717) is 17.9 Å². The molecule has 0 fully saturated rings. The van der Waals surface area contributed by atoms with Gasteiger partial charge in [0.25, 0.3) is 0 Å². The molecular formula is C15H19NO3S. The molecule has 0 radical (unpaired) electrons. The third-order valence-electron chi connectivity index (χ3n) is 2.96. The molecule has 108 valence electrons. The molecule has 20 heavy (non-hydrogen) atoms. The summed E-state index contributed by atoms with van der Waals surface area (Å²) in [6.45, 7) is 3.53. The van der Waals surface area contributed by atoms with Crippen LogP contribution < -0.4 is 9.47 Å². The fourth-order valence-electron chi connectivity index (χ4n) is 1.84. The number of ether oxygens (including phenoxy) is 2. The SMILES string of the molecule is COc1ccc(Cc2ncc(C(C)(C)O)s2)cc1OC. The van der Waals surface area contributed by atoms with Gasteiger partial charge in [-0.05, 0) is 31.5 Å². The Morgan fingerprint density at radius 2 is 1.90 bits per heavy atom. The highest BCUT2D eigenvalue weighted by Crippen LogP contribution is 2.30. The smallest absolute Gasteiger partial charge is 0.160 e. The predicted octanol–water partition coefficient (Wildman–Crippen LogP) is 2.98. The number of aromatic nitrogens is 1. The van der Waals surface area contributed by atoms with Gasteiger partial charge >= 0.3 is 0 Å². The van der Waals surface area contributed by atoms with E-state index >= 15 is 0 Å². The molecule has 0 unspecified atom stereocenters. The van der Waals surface area contributed by atoms with E-state index in [-0.39, 0.29) is 0 Å². The number of aliphatic hydroxyl groups is 1. The van der Waals surface area contributed by atoms with E-state index in [1.54, 1.807) is 34.3 Å². The number of nitrogens with zero attached hydrogens (tertiary/aromatic N) is 1. The van der Waals surface area contributed by atoms with E-state index in [0.717, 1.165) is 15.4 Å². The van der Waals surface area contributed by atoms with Gasteiger partial charge in [0.2, 0.25) is 0 Å². The lowest BCUT2D eigenvalue weighted by Gasteiger charge is -2.13. The zero-order valence-corrected chi connectivity index (χ0v) is 13.0. The highest BCUT2D eigenvalue weighted by Gasteiger charge is 2.19. The van der Waals surface area contributed by atoms with Gasteiger partial charge in [0, 0.05) is 12.6 Å². The van der Waals surface area contributed by atoms with E-state index in [9.17, 15) is 5.11 Å². The lowest BCUT2D eigenvalue weighted by atomic mass is 10.1. The number of hydrogen-bond acceptors (Lipinski definition) is 5. The van der Waals surface area contributed by atoms with Crippen molar-refractivity contribution in [2.45, 2.75) is 25.9 Å². The van der Waals surface area contributed by atoms with Gasteiger partial charge in [-0.1, -0.05) is 6.07 Å². The van der Waals surface area contributed by atoms with Gasteiger partial charge in [-0.3, -0.25) is 0 Å². The lowest BCUT2D eigenvalue weighted by Crippen LogP contribution is -2.12. The van der Waals surface area contributed by atoms with Gasteiger partial charge in [-0.25, -0.2) is 4.98 Å². The lowest BCUT2D eigenvalue weighted by molar-refractivity contribution is 0.0823. The Kier molecular flexibility index (Phi) is 4.30. The van der Waals surface area contributed by atoms with Crippen LogP contribution in [0.2, 0.25) is 0 Å². The molecule has 0 spiro atoms. The Balaban J connectivity index is 2.20. The van der Waals surface area contributed by atoms with E-state index in [2.05, 4.69) is 4.98 Å². The number of benzene rings is 1. The highest BCUT2D eigenvalue weighted by atomic mass is 32.1. The van der Waals surface area contributed by atoms with E-state index in [4.69, 9.17) is 9.47 Å². The van der Waals surface area contributed by atoms with Crippen molar-refractivity contribution in [3.63, 3.8) is 0 Å². The van der Waals surface area contributed by atoms with Crippen LogP contribution in [-0.4, -0.2) is 24.3 Å². The minimum absolute atomic E-state index is 0.709. The summed E-state index contributed by atoms with van der Waals surface area (Å²) in [6.07, 6.45) is 2.45. The van der Waals surface area contributed by atoms with Crippen LogP contribution in [0.4, 0.5) is 0 Å². The summed E-state index contributed by atoms with van der Waals surface area (Å²) < 4.78 is 10.5. The number of rotatable bonds is 5. The Hall–Kier alpha value is -1.59. The second kappa shape index (κ2) is 5.81. The van der Waals surface area contributed by atoms with Crippen LogP contribution in [0, 0.1) is 0 Å². The maximum atomic E-state index is 9.95. The molecule has 0 saturated carbocycles. The Morgan fingerprint density at radius 1 is 1.20 bits per heavy atom. The highest BCUT2D eigenvalue weighted by molar-refractivity contribution is 7.11. The van der Waals surface area contributed by atoms with Crippen LogP contribution >= 0.6 is 11.3 Å². The van der Waals surface area contributed by atoms with Crippen LogP contribution in [0.5, 0.6) is 11.5 Å². The maximum Gasteiger partial charge on any atom is 0.160 e. The van der Waals surface area contributed by atoms with Crippen molar-refractivity contribution in [1.82, 2.24) is 4.98 Å². The summed E-state index contributed by atoms with van der Waals surface area (Å²) in [5, 5.41) is 10.9. The third kappa shape index (κ3) is 3.29. The zero-order valence-electron chi connectivity index (χ0n) is 12.1. The molecule has 0 saturated heterocycles. The first kappa shape index (κ1) is 14.8. The van der Waals surface area contributed by atoms with Crippen molar-refractivity contribution in [2.24, 2.45) is 0 Å². The maximum absolute atomic E-state index is 9.95. The normalized spacial score (nSPS) is 11.4. The van der Waals surface area contributed by atoms with Crippen molar-refractivity contribution in [1.29, 1.82) is 0 Å². The molecule has 0 atom stereocenters. The molecule has 4 nitrogen and oxygen atoms in total. The van der Waals surface area contributed by atoms with Crippen molar-refractivity contribution in [2.75, 3.05) is 14.2 Å². The number of thiazole rings is 1. The monoisotopic (exact) mass is 293 g/mol. The van der Waals surface area contributed by atoms with Crippen molar-refractivity contribution < 1.29 is 14.6 Å². The Morgan fingerprint density at radius 3 is 2.45 bits per heavy atom. The van der Waals surface area contributed by atoms with Crippen molar-refractivity contribution >= 4 is 11.3 Å². The molecular weight excluding hydrogens is 274 g/mol. The average molecular weight is 293 g/mol.